The van der Waals surface area contributed by atoms with Gasteiger partial charge >= 0.3 is 5.97 Å². The van der Waals surface area contributed by atoms with E-state index < -0.39 is 17.5 Å². The molecule has 5 heteroatoms. The summed E-state index contributed by atoms with van der Waals surface area (Å²) < 4.78 is 0. The van der Waals surface area contributed by atoms with Gasteiger partial charge in [-0.2, -0.15) is 0 Å². The van der Waals surface area contributed by atoms with Crippen molar-refractivity contribution in [2.75, 3.05) is 0 Å². The average Bonchev–Trinajstić information content (AvgIpc) is 2.18. The minimum absolute atomic E-state index is 0.371. The number of rotatable bonds is 3. The number of hydrogen-bond donors (Lipinski definition) is 3. The normalized spacial score (nSPS) is 14.0. The number of amides is 1. The van der Waals surface area contributed by atoms with Crippen LogP contribution in [0.25, 0.3) is 0 Å². The zero-order valence-electron chi connectivity index (χ0n) is 8.23. The molecule has 0 heterocycles. The van der Waals surface area contributed by atoms with Gasteiger partial charge in [-0.1, -0.05) is 18.2 Å². The first-order valence-electron chi connectivity index (χ1n) is 4.33. The van der Waals surface area contributed by atoms with Gasteiger partial charge in [0.1, 0.15) is 0 Å². The summed E-state index contributed by atoms with van der Waals surface area (Å²) in [6.07, 6.45) is 0. The highest BCUT2D eigenvalue weighted by molar-refractivity contribution is 5.97. The van der Waals surface area contributed by atoms with Gasteiger partial charge in [0, 0.05) is 5.56 Å². The largest absolute Gasteiger partial charge is 0.479 e. The van der Waals surface area contributed by atoms with Crippen LogP contribution in [0, 0.1) is 0 Å². The van der Waals surface area contributed by atoms with Crippen LogP contribution in [0.3, 0.4) is 0 Å². The van der Waals surface area contributed by atoms with Crippen molar-refractivity contribution < 1.29 is 14.7 Å². The number of aliphatic carboxylic acids is 1. The molecule has 0 aliphatic rings. The SMILES string of the molecule is CC(N)(NC(=O)c1ccccc1)C(=O)O. The van der Waals surface area contributed by atoms with Crippen molar-refractivity contribution in [3.63, 3.8) is 0 Å². The third kappa shape index (κ3) is 2.78. The van der Waals surface area contributed by atoms with Gasteiger partial charge in [0.2, 0.25) is 0 Å². The number of nitrogens with one attached hydrogen (secondary N) is 1. The maximum atomic E-state index is 11.5. The molecule has 0 radical (unpaired) electrons. The van der Waals surface area contributed by atoms with Crippen LogP contribution in [0.2, 0.25) is 0 Å². The Hall–Kier alpha value is -1.88. The molecule has 5 nitrogen and oxygen atoms in total. The van der Waals surface area contributed by atoms with Crippen molar-refractivity contribution in [2.24, 2.45) is 5.73 Å². The molecule has 0 fully saturated rings. The fourth-order valence-corrected chi connectivity index (χ4v) is 0.951. The zero-order chi connectivity index (χ0) is 11.5. The van der Waals surface area contributed by atoms with Crippen molar-refractivity contribution in [3.8, 4) is 0 Å². The molecule has 0 saturated carbocycles. The molecular weight excluding hydrogens is 196 g/mol. The van der Waals surface area contributed by atoms with Gasteiger partial charge in [0.05, 0.1) is 0 Å². The van der Waals surface area contributed by atoms with E-state index >= 15 is 0 Å². The summed E-state index contributed by atoms with van der Waals surface area (Å²) >= 11 is 0. The minimum Gasteiger partial charge on any atom is -0.479 e. The van der Waals surface area contributed by atoms with E-state index in [9.17, 15) is 9.59 Å². The van der Waals surface area contributed by atoms with E-state index in [1.54, 1.807) is 30.3 Å². The van der Waals surface area contributed by atoms with Gasteiger partial charge in [-0.3, -0.25) is 10.5 Å². The van der Waals surface area contributed by atoms with Crippen molar-refractivity contribution in [1.29, 1.82) is 0 Å². The lowest BCUT2D eigenvalue weighted by Gasteiger charge is -2.20. The number of hydrogen-bond acceptors (Lipinski definition) is 3. The van der Waals surface area contributed by atoms with Crippen LogP contribution in [-0.4, -0.2) is 22.6 Å². The lowest BCUT2D eigenvalue weighted by atomic mass is 10.1. The lowest BCUT2D eigenvalue weighted by Crippen LogP contribution is -2.59. The highest BCUT2D eigenvalue weighted by Gasteiger charge is 2.29. The summed E-state index contributed by atoms with van der Waals surface area (Å²) in [5, 5.41) is 10.9. The maximum Gasteiger partial charge on any atom is 0.344 e. The predicted octanol–water partition coefficient (Wildman–Crippen LogP) is 0.176. The van der Waals surface area contributed by atoms with Crippen LogP contribution in [0.1, 0.15) is 17.3 Å². The molecule has 0 aliphatic heterocycles. The molecule has 15 heavy (non-hydrogen) atoms. The summed E-state index contributed by atoms with van der Waals surface area (Å²) in [4.78, 5) is 22.2. The number of carbonyl (C=O) groups excluding carboxylic acids is 1. The first-order valence-corrected chi connectivity index (χ1v) is 4.33. The zero-order valence-corrected chi connectivity index (χ0v) is 8.23. The van der Waals surface area contributed by atoms with Crippen LogP contribution >= 0.6 is 0 Å². The molecule has 1 atom stereocenters. The fourth-order valence-electron chi connectivity index (χ4n) is 0.951. The predicted molar refractivity (Wildman–Crippen MR) is 54.1 cm³/mol. The quantitative estimate of drug-likeness (QED) is 0.617. The van der Waals surface area contributed by atoms with Gasteiger partial charge in [-0.05, 0) is 19.1 Å². The highest BCUT2D eigenvalue weighted by Crippen LogP contribution is 2.01. The number of carboxylic acids is 1. The molecular formula is C10H12N2O3. The highest BCUT2D eigenvalue weighted by atomic mass is 16.4. The fraction of sp³-hybridized carbons (Fsp3) is 0.200. The van der Waals surface area contributed by atoms with E-state index in [0.717, 1.165) is 0 Å². The Morgan fingerprint density at radius 1 is 1.33 bits per heavy atom. The van der Waals surface area contributed by atoms with Gasteiger partial charge in [-0.25, -0.2) is 4.79 Å². The summed E-state index contributed by atoms with van der Waals surface area (Å²) in [6, 6.07) is 8.28. The molecule has 1 aromatic rings. The van der Waals surface area contributed by atoms with E-state index in [1.165, 1.54) is 6.92 Å². The summed E-state index contributed by atoms with van der Waals surface area (Å²) in [6.45, 7) is 1.22. The molecule has 1 amide bonds. The van der Waals surface area contributed by atoms with Crippen molar-refractivity contribution in [1.82, 2.24) is 5.32 Å². The monoisotopic (exact) mass is 208 g/mol. The number of carbonyl (C=O) groups is 2. The lowest BCUT2D eigenvalue weighted by molar-refractivity contribution is -0.143. The van der Waals surface area contributed by atoms with Gasteiger partial charge in [0.15, 0.2) is 5.66 Å². The Morgan fingerprint density at radius 3 is 2.33 bits per heavy atom. The summed E-state index contributed by atoms with van der Waals surface area (Å²) in [5.74, 6) is -1.80. The Labute approximate surface area is 86.9 Å². The smallest absolute Gasteiger partial charge is 0.344 e. The van der Waals surface area contributed by atoms with Crippen LogP contribution in [0.5, 0.6) is 0 Å². The van der Waals surface area contributed by atoms with E-state index in [4.69, 9.17) is 10.8 Å². The Bertz CT molecular complexity index is 374. The Morgan fingerprint density at radius 2 is 1.87 bits per heavy atom. The van der Waals surface area contributed by atoms with E-state index in [0.29, 0.717) is 5.56 Å². The molecule has 4 N–H and O–H groups in total. The second-order valence-electron chi connectivity index (χ2n) is 3.33. The van der Waals surface area contributed by atoms with Crippen molar-refractivity contribution >= 4 is 11.9 Å². The van der Waals surface area contributed by atoms with Gasteiger partial charge in [0.25, 0.3) is 5.91 Å². The molecule has 80 valence electrons. The third-order valence-corrected chi connectivity index (χ3v) is 1.85. The molecule has 0 aromatic heterocycles. The standard InChI is InChI=1S/C10H12N2O3/c1-10(11,9(14)15)12-8(13)7-5-3-2-4-6-7/h2-6H,11H2,1H3,(H,12,13)(H,14,15). The average molecular weight is 208 g/mol. The van der Waals surface area contributed by atoms with Crippen molar-refractivity contribution in [2.45, 2.75) is 12.6 Å². The van der Waals surface area contributed by atoms with E-state index in [-0.39, 0.29) is 0 Å². The van der Waals surface area contributed by atoms with E-state index in [2.05, 4.69) is 5.32 Å². The first kappa shape index (κ1) is 11.2. The molecule has 0 bridgehead atoms. The van der Waals surface area contributed by atoms with Crippen molar-refractivity contribution in [3.05, 3.63) is 35.9 Å². The second kappa shape index (κ2) is 4.10. The Kier molecular flexibility index (Phi) is 3.06. The number of nitrogens with two attached hydrogens (primary N) is 1. The topological polar surface area (TPSA) is 92.4 Å². The second-order valence-corrected chi connectivity index (χ2v) is 3.33. The van der Waals surface area contributed by atoms with Crippen LogP contribution in [-0.2, 0) is 4.79 Å². The third-order valence-electron chi connectivity index (χ3n) is 1.85. The Balaban J connectivity index is 2.77. The van der Waals surface area contributed by atoms with Crippen LogP contribution < -0.4 is 11.1 Å². The first-order chi connectivity index (χ1) is 6.93. The molecule has 1 unspecified atom stereocenters. The molecule has 0 saturated heterocycles. The van der Waals surface area contributed by atoms with E-state index in [1.807, 2.05) is 0 Å². The van der Waals surface area contributed by atoms with Gasteiger partial charge < -0.3 is 10.4 Å². The van der Waals surface area contributed by atoms with Gasteiger partial charge in [-0.15, -0.1) is 0 Å². The number of benzene rings is 1. The van der Waals surface area contributed by atoms with Crippen LogP contribution in [0.4, 0.5) is 0 Å². The molecule has 1 rings (SSSR count). The summed E-state index contributed by atoms with van der Waals surface area (Å²) in [5.41, 5.74) is 3.98. The number of carboxylic acid groups (broad SMARTS) is 1. The molecule has 0 aliphatic carbocycles. The summed E-state index contributed by atoms with van der Waals surface area (Å²) in [7, 11) is 0. The minimum atomic E-state index is -1.76. The molecule has 1 aromatic carbocycles. The molecule has 0 spiro atoms. The van der Waals surface area contributed by atoms with Crippen LogP contribution in [0.15, 0.2) is 30.3 Å². The maximum absolute atomic E-state index is 11.5.